The summed E-state index contributed by atoms with van der Waals surface area (Å²) in [7, 11) is 0. The molecule has 48 heavy (non-hydrogen) atoms. The Labute approximate surface area is 293 Å². The number of allylic oxidation sites excluding steroid dienone is 6. The zero-order valence-electron chi connectivity index (χ0n) is 32.4. The Kier molecular flexibility index (Phi) is 9.86. The van der Waals surface area contributed by atoms with E-state index in [0.29, 0.717) is 0 Å². The van der Waals surface area contributed by atoms with E-state index in [0.717, 1.165) is 19.3 Å². The van der Waals surface area contributed by atoms with Crippen LogP contribution in [0.25, 0.3) is 0 Å². The molecule has 0 saturated heterocycles. The van der Waals surface area contributed by atoms with Crippen molar-refractivity contribution in [1.82, 2.24) is 0 Å². The van der Waals surface area contributed by atoms with Crippen LogP contribution < -0.4 is 20.7 Å². The number of aryl methyl sites for hydroxylation is 4. The number of benzene rings is 3. The molecular formula is C45H59BN2. The molecule has 0 saturated carbocycles. The maximum atomic E-state index is 2.62. The molecule has 0 atom stereocenters. The first-order chi connectivity index (χ1) is 22.5. The SMILES string of the molecule is CCC/C=C(/CC)C1=CB2c3cc(C(C)(C)C)ccc3N(/C(C)=C/C=C(\C)C(C)(C)C)c3cc(C)cc(c32)N1c1c(C)cc(C)cc1C. The second kappa shape index (κ2) is 13.3. The smallest absolute Gasteiger partial charge is 0.244 e. The van der Waals surface area contributed by atoms with E-state index in [1.54, 1.807) is 0 Å². The minimum absolute atomic E-state index is 0.0483. The van der Waals surface area contributed by atoms with Crippen molar-refractivity contribution < 1.29 is 0 Å². The minimum atomic E-state index is 0.0483. The van der Waals surface area contributed by atoms with Crippen LogP contribution in [-0.2, 0) is 5.41 Å². The third-order valence-electron chi connectivity index (χ3n) is 10.5. The number of unbranched alkanes of at least 4 members (excludes halogenated alkanes) is 1. The van der Waals surface area contributed by atoms with Crippen molar-refractivity contribution in [3.05, 3.63) is 117 Å². The number of hydrogen-bond donors (Lipinski definition) is 0. The molecule has 3 aromatic carbocycles. The van der Waals surface area contributed by atoms with E-state index in [1.807, 2.05) is 0 Å². The molecular weight excluding hydrogens is 579 g/mol. The van der Waals surface area contributed by atoms with E-state index in [2.05, 4.69) is 173 Å². The summed E-state index contributed by atoms with van der Waals surface area (Å²) < 4.78 is 0. The third kappa shape index (κ3) is 6.63. The summed E-state index contributed by atoms with van der Waals surface area (Å²) in [4.78, 5) is 5.16. The molecule has 0 aromatic heterocycles. The molecule has 0 amide bonds. The molecule has 2 aliphatic rings. The number of hydrogen-bond acceptors (Lipinski definition) is 2. The molecule has 2 nitrogen and oxygen atoms in total. The van der Waals surface area contributed by atoms with E-state index in [-0.39, 0.29) is 17.5 Å². The molecule has 5 rings (SSSR count). The Balaban J connectivity index is 1.91. The van der Waals surface area contributed by atoms with E-state index >= 15 is 0 Å². The molecule has 0 unspecified atom stereocenters. The summed E-state index contributed by atoms with van der Waals surface area (Å²) in [5, 5.41) is 0. The molecule has 2 heterocycles. The van der Waals surface area contributed by atoms with Gasteiger partial charge in [-0.05, 0) is 128 Å². The van der Waals surface area contributed by atoms with Gasteiger partial charge in [-0.1, -0.05) is 115 Å². The second-order valence-corrected chi connectivity index (χ2v) is 16.5. The highest BCUT2D eigenvalue weighted by molar-refractivity contribution is 6.93. The first kappa shape index (κ1) is 35.6. The Morgan fingerprint density at radius 2 is 1.40 bits per heavy atom. The van der Waals surface area contributed by atoms with Gasteiger partial charge in [0.2, 0.25) is 6.71 Å². The summed E-state index contributed by atoms with van der Waals surface area (Å²) in [5.74, 6) is 2.61. The summed E-state index contributed by atoms with van der Waals surface area (Å²) in [6.45, 7) is 32.2. The van der Waals surface area contributed by atoms with Gasteiger partial charge in [0.05, 0.1) is 5.69 Å². The predicted molar refractivity (Wildman–Crippen MR) is 215 cm³/mol. The van der Waals surface area contributed by atoms with Crippen LogP contribution in [0.15, 0.2) is 89.2 Å². The molecule has 0 aliphatic carbocycles. The van der Waals surface area contributed by atoms with Gasteiger partial charge in [0, 0.05) is 28.5 Å². The highest BCUT2D eigenvalue weighted by Gasteiger charge is 2.41. The van der Waals surface area contributed by atoms with Gasteiger partial charge in [-0.2, -0.15) is 0 Å². The number of nitrogens with zero attached hydrogens (tertiary/aromatic N) is 2. The molecule has 3 aromatic rings. The normalized spacial score (nSPS) is 15.5. The quantitative estimate of drug-likeness (QED) is 0.188. The van der Waals surface area contributed by atoms with Crippen molar-refractivity contribution in [2.75, 3.05) is 9.80 Å². The first-order valence-corrected chi connectivity index (χ1v) is 18.2. The molecule has 0 bridgehead atoms. The maximum absolute atomic E-state index is 2.62. The lowest BCUT2D eigenvalue weighted by atomic mass is 9.36. The van der Waals surface area contributed by atoms with Crippen LogP contribution >= 0.6 is 0 Å². The van der Waals surface area contributed by atoms with E-state index in [4.69, 9.17) is 0 Å². The predicted octanol–water partition coefficient (Wildman–Crippen LogP) is 11.9. The van der Waals surface area contributed by atoms with Crippen LogP contribution in [0.5, 0.6) is 0 Å². The van der Waals surface area contributed by atoms with Crippen molar-refractivity contribution in [3.63, 3.8) is 0 Å². The highest BCUT2D eigenvalue weighted by atomic mass is 15.2. The van der Waals surface area contributed by atoms with Gasteiger partial charge in [-0.25, -0.2) is 0 Å². The average Bonchev–Trinajstić information content (AvgIpc) is 2.99. The first-order valence-electron chi connectivity index (χ1n) is 18.2. The summed E-state index contributed by atoms with van der Waals surface area (Å²) in [5.41, 5.74) is 20.2. The maximum Gasteiger partial charge on any atom is 0.244 e. The van der Waals surface area contributed by atoms with Crippen LogP contribution in [0.1, 0.15) is 116 Å². The lowest BCUT2D eigenvalue weighted by molar-refractivity contribution is 0.504. The molecule has 3 heteroatoms. The van der Waals surface area contributed by atoms with Crippen molar-refractivity contribution in [2.24, 2.45) is 5.41 Å². The number of anilines is 4. The molecule has 2 aliphatic heterocycles. The van der Waals surface area contributed by atoms with E-state index in [1.165, 1.54) is 84.0 Å². The van der Waals surface area contributed by atoms with Gasteiger partial charge in [0.1, 0.15) is 0 Å². The summed E-state index contributed by atoms with van der Waals surface area (Å²) >= 11 is 0. The minimum Gasteiger partial charge on any atom is -0.315 e. The van der Waals surface area contributed by atoms with Crippen molar-refractivity contribution in [1.29, 1.82) is 0 Å². The molecule has 0 fully saturated rings. The van der Waals surface area contributed by atoms with Crippen molar-refractivity contribution in [2.45, 2.75) is 122 Å². The Bertz CT molecular complexity index is 1830. The van der Waals surface area contributed by atoms with Gasteiger partial charge in [0.25, 0.3) is 0 Å². The van der Waals surface area contributed by atoms with Crippen molar-refractivity contribution >= 4 is 40.4 Å². The zero-order chi connectivity index (χ0) is 35.3. The summed E-state index contributed by atoms with van der Waals surface area (Å²) in [6.07, 6.45) is 10.4. The van der Waals surface area contributed by atoms with Gasteiger partial charge in [-0.3, -0.25) is 0 Å². The van der Waals surface area contributed by atoms with Crippen LogP contribution in [0.2, 0.25) is 0 Å². The number of rotatable bonds is 7. The Hall–Kier alpha value is -3.72. The van der Waals surface area contributed by atoms with E-state index < -0.39 is 0 Å². The molecule has 252 valence electrons. The fourth-order valence-electron chi connectivity index (χ4n) is 7.46. The lowest BCUT2D eigenvalue weighted by Gasteiger charge is -2.44. The Morgan fingerprint density at radius 1 is 0.771 bits per heavy atom. The van der Waals surface area contributed by atoms with E-state index in [9.17, 15) is 0 Å². The monoisotopic (exact) mass is 638 g/mol. The Morgan fingerprint density at radius 3 is 1.98 bits per heavy atom. The average molecular weight is 639 g/mol. The third-order valence-corrected chi connectivity index (χ3v) is 10.5. The van der Waals surface area contributed by atoms with Crippen LogP contribution in [0, 0.1) is 33.1 Å². The fraction of sp³-hybridized carbons (Fsp3) is 0.422. The number of fused-ring (bicyclic) bond motifs is 2. The van der Waals surface area contributed by atoms with Gasteiger partial charge < -0.3 is 9.80 Å². The summed E-state index contributed by atoms with van der Waals surface area (Å²) in [6, 6.07) is 16.8. The molecule has 0 radical (unpaired) electrons. The van der Waals surface area contributed by atoms with Gasteiger partial charge in [-0.15, -0.1) is 0 Å². The fourth-order valence-corrected chi connectivity index (χ4v) is 7.46. The molecule has 0 spiro atoms. The van der Waals surface area contributed by atoms with Gasteiger partial charge in [0.15, 0.2) is 0 Å². The highest BCUT2D eigenvalue weighted by Crippen LogP contribution is 2.45. The standard InChI is InChI=1S/C45H59BN2/c1-15-17-18-35(16-2)41-28-46-37-27-36(45(12,13)14)21-22-38(37)47(34(8)20-19-33(7)44(9,10)11)39-25-30(4)26-40(42(39)46)48(41)43-31(5)23-29(3)24-32(43)6/h18-28H,15-17H2,1-14H3/b33-19+,34-20+,35-18-. The topological polar surface area (TPSA) is 6.48 Å². The van der Waals surface area contributed by atoms with Crippen LogP contribution in [0.3, 0.4) is 0 Å². The largest absolute Gasteiger partial charge is 0.315 e. The van der Waals surface area contributed by atoms with Crippen molar-refractivity contribution in [3.8, 4) is 0 Å². The van der Waals surface area contributed by atoms with Gasteiger partial charge >= 0.3 is 0 Å². The lowest BCUT2D eigenvalue weighted by Crippen LogP contribution is -2.54. The van der Waals surface area contributed by atoms with Crippen LogP contribution in [-0.4, -0.2) is 6.71 Å². The zero-order valence-corrected chi connectivity index (χ0v) is 32.4. The second-order valence-electron chi connectivity index (χ2n) is 16.5. The molecule has 0 N–H and O–H groups in total. The van der Waals surface area contributed by atoms with Crippen LogP contribution in [0.4, 0.5) is 22.7 Å².